The Bertz CT molecular complexity index is 1560. The molecule has 3 atom stereocenters. The number of fused-ring (bicyclic) bond motifs is 6. The second-order valence-electron chi connectivity index (χ2n) is 12.5. The second-order valence-corrected chi connectivity index (χ2v) is 12.5. The smallest absolute Gasteiger partial charge is 1.00 e. The van der Waals surface area contributed by atoms with Crippen LogP contribution in [-0.4, -0.2) is 66.7 Å². The fourth-order valence-electron chi connectivity index (χ4n) is 7.81. The van der Waals surface area contributed by atoms with Crippen molar-refractivity contribution < 1.29 is 46.0 Å². The van der Waals surface area contributed by atoms with Gasteiger partial charge in [0.2, 0.25) is 0 Å². The summed E-state index contributed by atoms with van der Waals surface area (Å²) in [7, 11) is 1.00. The molecule has 3 unspecified atom stereocenters. The van der Waals surface area contributed by atoms with Crippen LogP contribution in [0, 0.1) is 11.8 Å². The van der Waals surface area contributed by atoms with Gasteiger partial charge in [-0.05, 0) is 61.3 Å². The van der Waals surface area contributed by atoms with Crippen molar-refractivity contribution in [2.45, 2.75) is 95.2 Å². The van der Waals surface area contributed by atoms with Crippen LogP contribution in [-0.2, 0) is 4.79 Å². The molecule has 11 heteroatoms. The van der Waals surface area contributed by atoms with Gasteiger partial charge in [-0.3, -0.25) is 14.8 Å². The number of pyridine rings is 2. The molecule has 0 saturated heterocycles. The number of hydrogen-bond donors (Lipinski definition) is 2. The van der Waals surface area contributed by atoms with E-state index in [1.165, 1.54) is 62.5 Å². The summed E-state index contributed by atoms with van der Waals surface area (Å²) in [5, 5.41) is 17.7. The number of carbonyl (C=O) groups is 1. The van der Waals surface area contributed by atoms with Gasteiger partial charge >= 0.3 is 29.6 Å². The molecule has 0 bridgehead atoms. The van der Waals surface area contributed by atoms with E-state index in [0.29, 0.717) is 18.1 Å². The number of ketones is 1. The zero-order valence-corrected chi connectivity index (χ0v) is 29.2. The van der Waals surface area contributed by atoms with Gasteiger partial charge in [0.15, 0.2) is 0 Å². The van der Waals surface area contributed by atoms with Gasteiger partial charge in [0, 0.05) is 63.8 Å². The number of Topliss-reactive ketones (excluding diaryl/α,β-unsaturated/α-hetero) is 1. The van der Waals surface area contributed by atoms with Gasteiger partial charge in [-0.25, -0.2) is 9.97 Å². The Hall–Kier alpha value is -2.63. The van der Waals surface area contributed by atoms with Crippen LogP contribution in [0.3, 0.4) is 0 Å². The summed E-state index contributed by atoms with van der Waals surface area (Å²) in [5.41, 5.74) is 6.98. The van der Waals surface area contributed by atoms with E-state index in [-0.39, 0.29) is 63.5 Å². The fourth-order valence-corrected chi connectivity index (χ4v) is 7.81. The molecule has 0 aromatic carbocycles. The van der Waals surface area contributed by atoms with Crippen LogP contribution in [0.2, 0.25) is 0 Å². The van der Waals surface area contributed by atoms with Crippen LogP contribution in [0.25, 0.3) is 22.5 Å². The molecule has 2 aliphatic heterocycles. The van der Waals surface area contributed by atoms with E-state index >= 15 is 0 Å². The molecule has 237 valence electrons. The Labute approximate surface area is 297 Å². The van der Waals surface area contributed by atoms with Crippen molar-refractivity contribution in [2.24, 2.45) is 11.8 Å². The molecular weight excluding hydrogens is 586 g/mol. The molecule has 6 heterocycles. The average Bonchev–Trinajstić information content (AvgIpc) is 3.88. The van der Waals surface area contributed by atoms with Crippen molar-refractivity contribution in [1.29, 1.82) is 0 Å². The average molecular weight is 632 g/mol. The zero-order valence-electron chi connectivity index (χ0n) is 28.2. The van der Waals surface area contributed by atoms with Crippen LogP contribution in [0.4, 0.5) is 0 Å². The predicted octanol–water partition coefficient (Wildman–Crippen LogP) is 2.91. The number of nitrogens with zero attached hydrogens (tertiary/aromatic N) is 6. The first-order valence-electron chi connectivity index (χ1n) is 16.3. The van der Waals surface area contributed by atoms with E-state index in [9.17, 15) is 9.90 Å². The van der Waals surface area contributed by atoms with Crippen molar-refractivity contribution in [2.75, 3.05) is 7.11 Å². The minimum atomic E-state index is -0.218. The van der Waals surface area contributed by atoms with Crippen molar-refractivity contribution in [3.8, 4) is 22.5 Å². The second kappa shape index (κ2) is 17.0. The number of aliphatic hydroxyl groups is 2. The molecule has 2 fully saturated rings. The first kappa shape index (κ1) is 36.2. The Morgan fingerprint density at radius 1 is 0.783 bits per heavy atom. The molecule has 0 amide bonds. The largest absolute Gasteiger partial charge is 1.00 e. The Balaban J connectivity index is 0.000000229. The fraction of sp³-hybridized carbons (Fsp3) is 0.514. The maximum absolute atomic E-state index is 12.6. The molecule has 2 N–H and O–H groups in total. The summed E-state index contributed by atoms with van der Waals surface area (Å²) in [5.74, 6) is 1.16. The van der Waals surface area contributed by atoms with Gasteiger partial charge in [-0.2, -0.15) is 0 Å². The van der Waals surface area contributed by atoms with Crippen LogP contribution in [0.5, 0.6) is 0 Å². The van der Waals surface area contributed by atoms with Gasteiger partial charge in [0.25, 0.3) is 0 Å². The standard InChI is InChI=1S/C17H21N3O.C17H19N3O.CH4O.B.Na.H/c2*21-17(12-4-2-1-3-5-12)8-15-13-6-7-18-9-14(13)16-10-19-11-20(15)16;1-2;;;/h6-7,9-12,15,17,21H,1-5,8H2;6-7,9-12,15H,1-5,8H2;2H,1H3;;;/q;;;;+1;-1. The van der Waals surface area contributed by atoms with E-state index < -0.39 is 0 Å². The Kier molecular flexibility index (Phi) is 13.4. The van der Waals surface area contributed by atoms with E-state index in [1.807, 2.05) is 55.9 Å². The number of carbonyl (C=O) groups excluding carboxylic acids is 1. The topological polar surface area (TPSA) is 119 Å². The Morgan fingerprint density at radius 3 is 1.85 bits per heavy atom. The predicted molar refractivity (Wildman–Crippen MR) is 176 cm³/mol. The molecule has 4 aromatic heterocycles. The van der Waals surface area contributed by atoms with Gasteiger partial charge in [0.1, 0.15) is 5.78 Å². The third kappa shape index (κ3) is 7.41. The van der Waals surface area contributed by atoms with E-state index in [4.69, 9.17) is 5.11 Å². The molecule has 4 aliphatic rings. The van der Waals surface area contributed by atoms with Gasteiger partial charge in [-0.1, -0.05) is 38.5 Å². The third-order valence-corrected chi connectivity index (χ3v) is 10.1. The van der Waals surface area contributed by atoms with E-state index in [1.54, 1.807) is 0 Å². The normalized spacial score (nSPS) is 20.2. The maximum atomic E-state index is 12.6. The molecule has 4 aromatic rings. The number of imidazole rings is 2. The SMILES string of the molecule is CO.O=C(CC1c2ccncc2-c2cncn21)C1CCCCC1.OC(CC1c2ccncc2-c2cncn21)C1CCCCC1.[B].[H-].[Na+]. The van der Waals surface area contributed by atoms with Gasteiger partial charge < -0.3 is 20.8 Å². The van der Waals surface area contributed by atoms with E-state index in [2.05, 4.69) is 35.1 Å². The molecular formula is C35H45BN6NaO3. The number of rotatable bonds is 6. The molecule has 0 spiro atoms. The summed E-state index contributed by atoms with van der Waals surface area (Å²) in [6, 6.07) is 4.44. The minimum absolute atomic E-state index is 0. The summed E-state index contributed by atoms with van der Waals surface area (Å²) in [6.45, 7) is 0. The molecule has 46 heavy (non-hydrogen) atoms. The van der Waals surface area contributed by atoms with Gasteiger partial charge in [0.05, 0.1) is 54.6 Å². The van der Waals surface area contributed by atoms with Crippen LogP contribution < -0.4 is 29.6 Å². The molecule has 3 radical (unpaired) electrons. The number of aromatic nitrogens is 6. The summed E-state index contributed by atoms with van der Waals surface area (Å²) in [4.78, 5) is 29.6. The summed E-state index contributed by atoms with van der Waals surface area (Å²) >= 11 is 0. The molecule has 2 saturated carbocycles. The minimum Gasteiger partial charge on any atom is -1.00 e. The molecule has 8 rings (SSSR count). The number of aliphatic hydroxyl groups excluding tert-OH is 2. The quantitative estimate of drug-likeness (QED) is 0.314. The van der Waals surface area contributed by atoms with Crippen LogP contribution >= 0.6 is 0 Å². The monoisotopic (exact) mass is 631 g/mol. The van der Waals surface area contributed by atoms with Crippen molar-refractivity contribution in [3.63, 3.8) is 0 Å². The zero-order chi connectivity index (χ0) is 30.5. The van der Waals surface area contributed by atoms with Crippen LogP contribution in [0.15, 0.2) is 62.0 Å². The first-order chi connectivity index (χ1) is 21.7. The molecule has 2 aliphatic carbocycles. The van der Waals surface area contributed by atoms with Crippen molar-refractivity contribution in [1.82, 2.24) is 29.1 Å². The summed E-state index contributed by atoms with van der Waals surface area (Å²) in [6.07, 6.45) is 28.2. The van der Waals surface area contributed by atoms with Crippen molar-refractivity contribution >= 4 is 14.2 Å². The van der Waals surface area contributed by atoms with Gasteiger partial charge in [-0.15, -0.1) is 0 Å². The first-order valence-corrected chi connectivity index (χ1v) is 16.3. The molecule has 9 nitrogen and oxygen atoms in total. The Morgan fingerprint density at radius 2 is 1.28 bits per heavy atom. The van der Waals surface area contributed by atoms with Crippen molar-refractivity contribution in [3.05, 3.63) is 73.1 Å². The maximum Gasteiger partial charge on any atom is 1.00 e. The third-order valence-electron chi connectivity index (χ3n) is 10.1. The summed E-state index contributed by atoms with van der Waals surface area (Å²) < 4.78 is 4.32. The van der Waals surface area contributed by atoms with E-state index in [0.717, 1.165) is 48.9 Å². The van der Waals surface area contributed by atoms with Crippen LogP contribution in [0.1, 0.15) is 102 Å². The number of hydrogen-bond acceptors (Lipinski definition) is 7.